The molecule has 0 radical (unpaired) electrons. The number of pyridine rings is 1. The fourth-order valence-corrected chi connectivity index (χ4v) is 3.82. The van der Waals surface area contributed by atoms with E-state index < -0.39 is 0 Å². The Morgan fingerprint density at radius 2 is 1.84 bits per heavy atom. The van der Waals surface area contributed by atoms with Crippen LogP contribution in [0.3, 0.4) is 0 Å². The maximum atomic E-state index is 5.31. The number of halogens is 1. The molecule has 0 saturated carbocycles. The third kappa shape index (κ3) is 2.25. The lowest BCUT2D eigenvalue weighted by atomic mass is 10.0. The quantitative estimate of drug-likeness (QED) is 0.736. The number of ether oxygens (including phenoxy) is 1. The van der Waals surface area contributed by atoms with Crippen molar-refractivity contribution < 1.29 is 4.74 Å². The molecule has 0 amide bonds. The largest absolute Gasteiger partial charge is 0.378 e. The number of anilines is 1. The normalized spacial score (nSPS) is 31.5. The molecule has 19 heavy (non-hydrogen) atoms. The molecule has 0 N–H and O–H groups in total. The van der Waals surface area contributed by atoms with Crippen molar-refractivity contribution in [3.63, 3.8) is 0 Å². The van der Waals surface area contributed by atoms with E-state index in [-0.39, 0.29) is 0 Å². The fourth-order valence-electron chi connectivity index (χ4n) is 3.50. The molecule has 102 valence electrons. The SMILES string of the molecule is Ic1ccc(N2CC3CN(C4COC4)CC3C2)nc1. The second kappa shape index (κ2) is 4.86. The second-order valence-electron chi connectivity index (χ2n) is 5.90. The third-order valence-corrected chi connectivity index (χ3v) is 5.33. The van der Waals surface area contributed by atoms with Crippen molar-refractivity contribution in [3.05, 3.63) is 21.9 Å². The van der Waals surface area contributed by atoms with Crippen LogP contribution in [-0.4, -0.2) is 55.3 Å². The minimum absolute atomic E-state index is 0.704. The zero-order chi connectivity index (χ0) is 12.8. The van der Waals surface area contributed by atoms with Gasteiger partial charge in [-0.05, 0) is 46.6 Å². The molecule has 3 fully saturated rings. The first-order chi connectivity index (χ1) is 9.29. The zero-order valence-electron chi connectivity index (χ0n) is 10.8. The molecule has 5 heteroatoms. The lowest BCUT2D eigenvalue weighted by Crippen LogP contribution is -2.48. The first kappa shape index (κ1) is 12.3. The first-order valence-corrected chi connectivity index (χ1v) is 8.06. The van der Waals surface area contributed by atoms with Crippen molar-refractivity contribution in [2.45, 2.75) is 6.04 Å². The van der Waals surface area contributed by atoms with Crippen molar-refractivity contribution in [2.24, 2.45) is 11.8 Å². The van der Waals surface area contributed by atoms with E-state index in [4.69, 9.17) is 4.74 Å². The smallest absolute Gasteiger partial charge is 0.128 e. The molecule has 3 saturated heterocycles. The predicted molar refractivity (Wildman–Crippen MR) is 82.3 cm³/mol. The van der Waals surface area contributed by atoms with Gasteiger partial charge in [-0.15, -0.1) is 0 Å². The Hall–Kier alpha value is -0.400. The van der Waals surface area contributed by atoms with Gasteiger partial charge in [0.25, 0.3) is 0 Å². The topological polar surface area (TPSA) is 28.6 Å². The summed E-state index contributed by atoms with van der Waals surface area (Å²) in [7, 11) is 0. The molecule has 1 aromatic heterocycles. The summed E-state index contributed by atoms with van der Waals surface area (Å²) in [5.74, 6) is 2.79. The van der Waals surface area contributed by atoms with E-state index in [1.165, 1.54) is 29.7 Å². The van der Waals surface area contributed by atoms with Gasteiger partial charge in [0.05, 0.1) is 19.3 Å². The molecule has 0 aliphatic carbocycles. The van der Waals surface area contributed by atoms with Crippen LogP contribution in [0.25, 0.3) is 0 Å². The Kier molecular flexibility index (Phi) is 3.16. The molecular formula is C14H18IN3O. The van der Waals surface area contributed by atoms with E-state index in [1.807, 2.05) is 6.20 Å². The minimum atomic E-state index is 0.704. The van der Waals surface area contributed by atoms with Gasteiger partial charge in [0.1, 0.15) is 5.82 Å². The molecule has 0 spiro atoms. The summed E-state index contributed by atoms with van der Waals surface area (Å²) < 4.78 is 6.51. The Bertz CT molecular complexity index is 448. The molecule has 1 aromatic rings. The predicted octanol–water partition coefficient (Wildman–Crippen LogP) is 1.45. The molecular weight excluding hydrogens is 353 g/mol. The monoisotopic (exact) mass is 371 g/mol. The Labute approximate surface area is 127 Å². The molecule has 2 unspecified atom stereocenters. The summed E-state index contributed by atoms with van der Waals surface area (Å²) >= 11 is 2.31. The molecule has 4 nitrogen and oxygen atoms in total. The molecule has 2 atom stereocenters. The Balaban J connectivity index is 1.41. The van der Waals surface area contributed by atoms with Crippen LogP contribution in [0.15, 0.2) is 18.3 Å². The van der Waals surface area contributed by atoms with Gasteiger partial charge in [-0.2, -0.15) is 0 Å². The standard InChI is InChI=1S/C14H18IN3O/c15-12-1-2-14(16-3-12)18-6-10-4-17(5-11(10)7-18)13-8-19-9-13/h1-3,10-11,13H,4-9H2. The van der Waals surface area contributed by atoms with E-state index >= 15 is 0 Å². The Morgan fingerprint density at radius 1 is 1.11 bits per heavy atom. The van der Waals surface area contributed by atoms with Gasteiger partial charge >= 0.3 is 0 Å². The molecule has 3 aliphatic heterocycles. The van der Waals surface area contributed by atoms with Crippen molar-refractivity contribution >= 4 is 28.4 Å². The van der Waals surface area contributed by atoms with Gasteiger partial charge in [0, 0.05) is 35.9 Å². The van der Waals surface area contributed by atoms with Crippen molar-refractivity contribution in [1.29, 1.82) is 0 Å². The third-order valence-electron chi connectivity index (χ3n) is 4.69. The maximum absolute atomic E-state index is 5.31. The second-order valence-corrected chi connectivity index (χ2v) is 7.15. The van der Waals surface area contributed by atoms with Gasteiger partial charge in [0.15, 0.2) is 0 Å². The summed E-state index contributed by atoms with van der Waals surface area (Å²) in [6.45, 7) is 6.73. The van der Waals surface area contributed by atoms with Gasteiger partial charge in [0.2, 0.25) is 0 Å². The summed E-state index contributed by atoms with van der Waals surface area (Å²) in [5.41, 5.74) is 0. The molecule has 0 aromatic carbocycles. The maximum Gasteiger partial charge on any atom is 0.128 e. The highest BCUT2D eigenvalue weighted by atomic mass is 127. The van der Waals surface area contributed by atoms with Gasteiger partial charge in [-0.25, -0.2) is 4.98 Å². The van der Waals surface area contributed by atoms with E-state index in [9.17, 15) is 0 Å². The minimum Gasteiger partial charge on any atom is -0.378 e. The average Bonchev–Trinajstić information content (AvgIpc) is 2.85. The van der Waals surface area contributed by atoms with Gasteiger partial charge in [-0.1, -0.05) is 0 Å². The number of fused-ring (bicyclic) bond motifs is 1. The number of aromatic nitrogens is 1. The first-order valence-electron chi connectivity index (χ1n) is 6.98. The van der Waals surface area contributed by atoms with Crippen LogP contribution in [0, 0.1) is 15.4 Å². The summed E-state index contributed by atoms with van der Waals surface area (Å²) in [6, 6.07) is 5.01. The number of hydrogen-bond acceptors (Lipinski definition) is 4. The van der Waals surface area contributed by atoms with Crippen LogP contribution in [0.5, 0.6) is 0 Å². The molecule has 3 aliphatic rings. The molecule has 4 rings (SSSR count). The number of hydrogen-bond donors (Lipinski definition) is 0. The molecule has 0 bridgehead atoms. The lowest BCUT2D eigenvalue weighted by Gasteiger charge is -2.35. The van der Waals surface area contributed by atoms with Crippen LogP contribution in [-0.2, 0) is 4.74 Å². The number of nitrogens with zero attached hydrogens (tertiary/aromatic N) is 3. The van der Waals surface area contributed by atoms with Crippen molar-refractivity contribution in [3.8, 4) is 0 Å². The lowest BCUT2D eigenvalue weighted by molar-refractivity contribution is -0.0590. The average molecular weight is 371 g/mol. The van der Waals surface area contributed by atoms with Crippen LogP contribution in [0.4, 0.5) is 5.82 Å². The highest BCUT2D eigenvalue weighted by Gasteiger charge is 2.43. The highest BCUT2D eigenvalue weighted by molar-refractivity contribution is 14.1. The zero-order valence-corrected chi connectivity index (χ0v) is 13.0. The van der Waals surface area contributed by atoms with Crippen LogP contribution in [0.1, 0.15) is 0 Å². The Morgan fingerprint density at radius 3 is 2.37 bits per heavy atom. The van der Waals surface area contributed by atoms with Crippen LogP contribution < -0.4 is 4.90 Å². The van der Waals surface area contributed by atoms with Crippen LogP contribution >= 0.6 is 22.6 Å². The summed E-state index contributed by atoms with van der Waals surface area (Å²) in [4.78, 5) is 9.65. The summed E-state index contributed by atoms with van der Waals surface area (Å²) in [5, 5.41) is 0. The number of likely N-dealkylation sites (tertiary alicyclic amines) is 1. The number of rotatable bonds is 2. The highest BCUT2D eigenvalue weighted by Crippen LogP contribution is 2.35. The van der Waals surface area contributed by atoms with Crippen molar-refractivity contribution in [1.82, 2.24) is 9.88 Å². The fraction of sp³-hybridized carbons (Fsp3) is 0.643. The van der Waals surface area contributed by atoms with Crippen LogP contribution in [0.2, 0.25) is 0 Å². The van der Waals surface area contributed by atoms with Crippen molar-refractivity contribution in [2.75, 3.05) is 44.3 Å². The van der Waals surface area contributed by atoms with Gasteiger partial charge < -0.3 is 9.64 Å². The van der Waals surface area contributed by atoms with E-state index in [0.29, 0.717) is 6.04 Å². The molecule has 4 heterocycles. The van der Waals surface area contributed by atoms with E-state index in [0.717, 1.165) is 30.9 Å². The van der Waals surface area contributed by atoms with Gasteiger partial charge in [-0.3, -0.25) is 4.90 Å². The summed E-state index contributed by atoms with van der Waals surface area (Å²) in [6.07, 6.45) is 1.96. The van der Waals surface area contributed by atoms with E-state index in [2.05, 4.69) is 49.5 Å². The van der Waals surface area contributed by atoms with E-state index in [1.54, 1.807) is 0 Å².